The van der Waals surface area contributed by atoms with E-state index in [1.54, 1.807) is 25.3 Å². The summed E-state index contributed by atoms with van der Waals surface area (Å²) in [5, 5.41) is 11.0. The Bertz CT molecular complexity index is 627. The van der Waals surface area contributed by atoms with Crippen LogP contribution in [0.5, 0.6) is 5.75 Å². The third kappa shape index (κ3) is 3.03. The fourth-order valence-corrected chi connectivity index (χ4v) is 2.15. The van der Waals surface area contributed by atoms with Crippen LogP contribution in [0.4, 0.5) is 0 Å². The Morgan fingerprint density at radius 1 is 1.47 bits per heavy atom. The van der Waals surface area contributed by atoms with E-state index in [9.17, 15) is 9.90 Å². The maximum Gasteiger partial charge on any atom is 0.135 e. The molecule has 0 saturated heterocycles. The van der Waals surface area contributed by atoms with Crippen molar-refractivity contribution in [3.8, 4) is 5.75 Å². The lowest BCUT2D eigenvalue weighted by molar-refractivity contribution is -0.118. The van der Waals surface area contributed by atoms with Crippen molar-refractivity contribution in [1.29, 1.82) is 0 Å². The van der Waals surface area contributed by atoms with Gasteiger partial charge >= 0.3 is 0 Å². The summed E-state index contributed by atoms with van der Waals surface area (Å²) >= 11 is 6.05. The summed E-state index contributed by atoms with van der Waals surface area (Å²) in [6.07, 6.45) is -0.896. The Kier molecular flexibility index (Phi) is 4.02. The van der Waals surface area contributed by atoms with Crippen molar-refractivity contribution in [2.24, 2.45) is 0 Å². The van der Waals surface area contributed by atoms with Gasteiger partial charge in [0.1, 0.15) is 16.7 Å². The number of ether oxygens (including phenoxy) is 1. The van der Waals surface area contributed by atoms with Crippen LogP contribution in [0.3, 0.4) is 0 Å². The number of Topliss-reactive ketones (excluding diaryl/α,β-unsaturated/α-hetero) is 1. The zero-order chi connectivity index (χ0) is 14.0. The van der Waals surface area contributed by atoms with Crippen molar-refractivity contribution < 1.29 is 14.6 Å². The number of carbonyl (C=O) groups excluding carboxylic acids is 1. The lowest BCUT2D eigenvalue weighted by Gasteiger charge is -2.12. The van der Waals surface area contributed by atoms with Crippen LogP contribution in [0.25, 0.3) is 10.9 Å². The summed E-state index contributed by atoms with van der Waals surface area (Å²) in [6, 6.07) is 7.15. The van der Waals surface area contributed by atoms with Crippen molar-refractivity contribution >= 4 is 28.3 Å². The minimum absolute atomic E-state index is 0.0308. The lowest BCUT2D eigenvalue weighted by atomic mass is 10.0. The molecule has 0 aliphatic heterocycles. The molecule has 0 saturated carbocycles. The smallest absolute Gasteiger partial charge is 0.135 e. The molecule has 4 nitrogen and oxygen atoms in total. The number of aromatic nitrogens is 1. The molecule has 0 spiro atoms. The molecule has 0 aliphatic rings. The van der Waals surface area contributed by atoms with Gasteiger partial charge in [-0.3, -0.25) is 4.79 Å². The van der Waals surface area contributed by atoms with E-state index in [-0.39, 0.29) is 17.4 Å². The highest BCUT2D eigenvalue weighted by atomic mass is 35.5. The number of fused-ring (bicyclic) bond motifs is 1. The summed E-state index contributed by atoms with van der Waals surface area (Å²) in [7, 11) is 1.58. The van der Waals surface area contributed by atoms with Gasteiger partial charge in [-0.1, -0.05) is 11.6 Å². The minimum atomic E-state index is -0.927. The Labute approximate surface area is 116 Å². The molecule has 0 amide bonds. The largest absolute Gasteiger partial charge is 0.497 e. The van der Waals surface area contributed by atoms with E-state index in [1.807, 2.05) is 6.07 Å². The number of pyridine rings is 1. The average Bonchev–Trinajstić information content (AvgIpc) is 2.36. The normalized spacial score (nSPS) is 12.4. The molecule has 0 fully saturated rings. The van der Waals surface area contributed by atoms with Crippen LogP contribution in [0.2, 0.25) is 5.15 Å². The third-order valence-electron chi connectivity index (χ3n) is 2.85. The first-order chi connectivity index (χ1) is 9.01. The fraction of sp³-hybridized carbons (Fsp3) is 0.286. The number of benzene rings is 1. The quantitative estimate of drug-likeness (QED) is 0.874. The first kappa shape index (κ1) is 13.8. The van der Waals surface area contributed by atoms with Crippen molar-refractivity contribution in [3.63, 3.8) is 0 Å². The molecule has 1 aromatic carbocycles. The fourth-order valence-electron chi connectivity index (χ4n) is 1.88. The second-order valence-electron chi connectivity index (χ2n) is 4.35. The SMILES string of the molecule is COc1ccc2cc(C(O)CC(C)=O)c(Cl)nc2c1. The molecule has 100 valence electrons. The van der Waals surface area contributed by atoms with E-state index in [4.69, 9.17) is 16.3 Å². The van der Waals surface area contributed by atoms with Crippen molar-refractivity contribution in [2.75, 3.05) is 7.11 Å². The summed E-state index contributed by atoms with van der Waals surface area (Å²) in [6.45, 7) is 1.43. The average molecular weight is 280 g/mol. The molecular formula is C14H14ClNO3. The first-order valence-corrected chi connectivity index (χ1v) is 6.20. The Morgan fingerprint density at radius 3 is 2.84 bits per heavy atom. The predicted octanol–water partition coefficient (Wildman–Crippen LogP) is 2.91. The zero-order valence-electron chi connectivity index (χ0n) is 10.7. The topological polar surface area (TPSA) is 59.4 Å². The van der Waals surface area contributed by atoms with E-state index >= 15 is 0 Å². The summed E-state index contributed by atoms with van der Waals surface area (Å²) in [4.78, 5) is 15.3. The number of halogens is 1. The zero-order valence-corrected chi connectivity index (χ0v) is 11.4. The summed E-state index contributed by atoms with van der Waals surface area (Å²) in [5.41, 5.74) is 1.15. The number of hydrogen-bond donors (Lipinski definition) is 1. The van der Waals surface area contributed by atoms with Crippen LogP contribution in [-0.2, 0) is 4.79 Å². The maximum atomic E-state index is 11.0. The van der Waals surface area contributed by atoms with Gasteiger partial charge in [0.05, 0.1) is 18.7 Å². The second kappa shape index (κ2) is 5.55. The molecule has 1 heterocycles. The molecule has 2 aromatic rings. The van der Waals surface area contributed by atoms with Gasteiger partial charge in [0.25, 0.3) is 0 Å². The molecule has 1 N–H and O–H groups in total. The highest BCUT2D eigenvalue weighted by Gasteiger charge is 2.16. The predicted molar refractivity (Wildman–Crippen MR) is 73.6 cm³/mol. The van der Waals surface area contributed by atoms with Crippen molar-refractivity contribution in [1.82, 2.24) is 4.98 Å². The van der Waals surface area contributed by atoms with Gasteiger partial charge in [0.2, 0.25) is 0 Å². The van der Waals surface area contributed by atoms with E-state index in [0.29, 0.717) is 16.8 Å². The molecule has 1 aromatic heterocycles. The van der Waals surface area contributed by atoms with Crippen LogP contribution in [0.15, 0.2) is 24.3 Å². The van der Waals surface area contributed by atoms with Crippen molar-refractivity contribution in [3.05, 3.63) is 35.0 Å². The Hall–Kier alpha value is -1.65. The number of ketones is 1. The molecule has 1 unspecified atom stereocenters. The highest BCUT2D eigenvalue weighted by Crippen LogP contribution is 2.29. The lowest BCUT2D eigenvalue weighted by Crippen LogP contribution is -2.05. The number of aliphatic hydroxyl groups excluding tert-OH is 1. The van der Waals surface area contributed by atoms with Gasteiger partial charge in [0.15, 0.2) is 0 Å². The first-order valence-electron chi connectivity index (χ1n) is 5.83. The van der Waals surface area contributed by atoms with E-state index in [0.717, 1.165) is 5.39 Å². The Morgan fingerprint density at radius 2 is 2.21 bits per heavy atom. The van der Waals surface area contributed by atoms with E-state index in [2.05, 4.69) is 4.98 Å². The van der Waals surface area contributed by atoms with Crippen LogP contribution >= 0.6 is 11.6 Å². The molecule has 19 heavy (non-hydrogen) atoms. The molecular weight excluding hydrogens is 266 g/mol. The van der Waals surface area contributed by atoms with Gasteiger partial charge in [-0.2, -0.15) is 0 Å². The molecule has 0 radical (unpaired) electrons. The van der Waals surface area contributed by atoms with Crippen LogP contribution < -0.4 is 4.74 Å². The number of carbonyl (C=O) groups is 1. The Balaban J connectivity index is 2.47. The van der Waals surface area contributed by atoms with Crippen LogP contribution in [0, 0.1) is 0 Å². The monoisotopic (exact) mass is 279 g/mol. The third-order valence-corrected chi connectivity index (χ3v) is 3.15. The number of rotatable bonds is 4. The van der Waals surface area contributed by atoms with Crippen molar-refractivity contribution in [2.45, 2.75) is 19.4 Å². The van der Waals surface area contributed by atoms with Gasteiger partial charge < -0.3 is 9.84 Å². The van der Waals surface area contributed by atoms with Crippen LogP contribution in [0.1, 0.15) is 25.0 Å². The van der Waals surface area contributed by atoms with E-state index in [1.165, 1.54) is 6.92 Å². The standard InChI is InChI=1S/C14H14ClNO3/c1-8(17)5-13(18)11-6-9-3-4-10(19-2)7-12(9)16-14(11)15/h3-4,6-7,13,18H,5H2,1-2H3. The van der Waals surface area contributed by atoms with E-state index < -0.39 is 6.10 Å². The summed E-state index contributed by atoms with van der Waals surface area (Å²) < 4.78 is 5.12. The molecule has 0 bridgehead atoms. The van der Waals surface area contributed by atoms with Gasteiger partial charge in [-0.05, 0) is 25.1 Å². The molecule has 5 heteroatoms. The number of aliphatic hydroxyl groups is 1. The second-order valence-corrected chi connectivity index (χ2v) is 4.71. The maximum absolute atomic E-state index is 11.0. The minimum Gasteiger partial charge on any atom is -0.497 e. The summed E-state index contributed by atoms with van der Waals surface area (Å²) in [5.74, 6) is 0.589. The number of methoxy groups -OCH3 is 1. The van der Waals surface area contributed by atoms with Crippen LogP contribution in [-0.4, -0.2) is 23.0 Å². The molecule has 2 rings (SSSR count). The van der Waals surface area contributed by atoms with Gasteiger partial charge in [0, 0.05) is 23.4 Å². The van der Waals surface area contributed by atoms with Gasteiger partial charge in [-0.25, -0.2) is 4.98 Å². The molecule has 0 aliphatic carbocycles. The molecule has 1 atom stereocenters. The number of nitrogens with zero attached hydrogens (tertiary/aromatic N) is 1. The van der Waals surface area contributed by atoms with Gasteiger partial charge in [-0.15, -0.1) is 0 Å². The highest BCUT2D eigenvalue weighted by molar-refractivity contribution is 6.30. The number of hydrogen-bond acceptors (Lipinski definition) is 4.